The number of hydrogen-bond donors (Lipinski definition) is 1. The molecule has 1 atom stereocenters. The Morgan fingerprint density at radius 1 is 1.32 bits per heavy atom. The lowest BCUT2D eigenvalue weighted by atomic mass is 10.1. The summed E-state index contributed by atoms with van der Waals surface area (Å²) in [5.74, 6) is 1.10. The quantitative estimate of drug-likeness (QED) is 0.875. The molecule has 1 aliphatic carbocycles. The zero-order chi connectivity index (χ0) is 13.8. The van der Waals surface area contributed by atoms with Crippen molar-refractivity contribution in [1.29, 1.82) is 5.26 Å². The first-order chi connectivity index (χ1) is 9.17. The topological polar surface area (TPSA) is 71.3 Å². The lowest BCUT2D eigenvalue weighted by Crippen LogP contribution is -2.35. The van der Waals surface area contributed by atoms with Crippen molar-refractivity contribution < 1.29 is 14.3 Å². The maximum Gasteiger partial charge on any atom is 0.252 e. The molecule has 0 radical (unpaired) electrons. The van der Waals surface area contributed by atoms with Gasteiger partial charge in [0.15, 0.2) is 0 Å². The Labute approximate surface area is 112 Å². The van der Waals surface area contributed by atoms with Crippen molar-refractivity contribution in [2.45, 2.75) is 18.9 Å². The number of carbonyl (C=O) groups is 1. The molecule has 1 unspecified atom stereocenters. The molecule has 100 valence electrons. The van der Waals surface area contributed by atoms with Gasteiger partial charge in [0.05, 0.1) is 20.3 Å². The fraction of sp³-hybridized carbons (Fsp3) is 0.429. The molecule has 1 saturated carbocycles. The lowest BCUT2D eigenvalue weighted by Gasteiger charge is -2.12. The summed E-state index contributed by atoms with van der Waals surface area (Å²) in [7, 11) is 3.05. The van der Waals surface area contributed by atoms with Crippen molar-refractivity contribution in [3.63, 3.8) is 0 Å². The Hall–Kier alpha value is -2.22. The van der Waals surface area contributed by atoms with Gasteiger partial charge in [-0.15, -0.1) is 0 Å². The van der Waals surface area contributed by atoms with Crippen LogP contribution >= 0.6 is 0 Å². The molecule has 1 N–H and O–H groups in total. The molecule has 0 aromatic heterocycles. The molecule has 1 fully saturated rings. The monoisotopic (exact) mass is 260 g/mol. The molecule has 0 heterocycles. The third-order valence-corrected chi connectivity index (χ3v) is 3.13. The van der Waals surface area contributed by atoms with Crippen molar-refractivity contribution in [3.05, 3.63) is 23.8 Å². The number of nitrogens with zero attached hydrogens (tertiary/aromatic N) is 1. The molecule has 19 heavy (non-hydrogen) atoms. The van der Waals surface area contributed by atoms with E-state index in [1.807, 2.05) is 0 Å². The second-order valence-electron chi connectivity index (χ2n) is 4.52. The van der Waals surface area contributed by atoms with E-state index in [1.165, 1.54) is 14.2 Å². The van der Waals surface area contributed by atoms with Crippen molar-refractivity contribution in [1.82, 2.24) is 5.32 Å². The van der Waals surface area contributed by atoms with E-state index in [-0.39, 0.29) is 5.91 Å². The smallest absolute Gasteiger partial charge is 0.252 e. The third-order valence-electron chi connectivity index (χ3n) is 3.13. The second-order valence-corrected chi connectivity index (χ2v) is 4.52. The van der Waals surface area contributed by atoms with Crippen LogP contribution in [0.1, 0.15) is 23.2 Å². The number of hydrogen-bond acceptors (Lipinski definition) is 4. The van der Waals surface area contributed by atoms with Crippen LogP contribution in [-0.2, 0) is 0 Å². The van der Waals surface area contributed by atoms with E-state index in [1.54, 1.807) is 18.2 Å². The highest BCUT2D eigenvalue weighted by atomic mass is 16.5. The Morgan fingerprint density at radius 3 is 2.32 bits per heavy atom. The largest absolute Gasteiger partial charge is 0.497 e. The molecule has 0 aliphatic heterocycles. The van der Waals surface area contributed by atoms with Crippen LogP contribution in [0.2, 0.25) is 0 Å². The maximum atomic E-state index is 12.1. The number of ether oxygens (including phenoxy) is 2. The first-order valence-electron chi connectivity index (χ1n) is 6.11. The second kappa shape index (κ2) is 5.61. The summed E-state index contributed by atoms with van der Waals surface area (Å²) >= 11 is 0. The zero-order valence-corrected chi connectivity index (χ0v) is 11.0. The summed E-state index contributed by atoms with van der Waals surface area (Å²) in [6, 6.07) is 6.66. The minimum absolute atomic E-state index is 0.282. The molecule has 2 rings (SSSR count). The van der Waals surface area contributed by atoms with Crippen LogP contribution in [0.5, 0.6) is 11.5 Å². The van der Waals surface area contributed by atoms with Gasteiger partial charge in [0, 0.05) is 11.6 Å². The molecule has 5 nitrogen and oxygen atoms in total. The van der Waals surface area contributed by atoms with Crippen molar-refractivity contribution >= 4 is 5.91 Å². The highest BCUT2D eigenvalue weighted by Gasteiger charge is 2.32. The van der Waals surface area contributed by atoms with Gasteiger partial charge in [0.25, 0.3) is 5.91 Å². The van der Waals surface area contributed by atoms with Crippen LogP contribution in [0.4, 0.5) is 0 Å². The normalized spacial score (nSPS) is 15.2. The first-order valence-corrected chi connectivity index (χ1v) is 6.11. The van der Waals surface area contributed by atoms with E-state index in [2.05, 4.69) is 11.4 Å². The Balaban J connectivity index is 2.15. The summed E-state index contributed by atoms with van der Waals surface area (Å²) < 4.78 is 10.2. The van der Waals surface area contributed by atoms with Gasteiger partial charge < -0.3 is 14.8 Å². The standard InChI is InChI=1S/C14H16N2O3/c1-18-11-5-10(6-12(7-11)19-2)14(17)16-13(8-15)9-3-4-9/h5-7,9,13H,3-4H2,1-2H3,(H,16,17). The van der Waals surface area contributed by atoms with Crippen molar-refractivity contribution in [2.24, 2.45) is 5.92 Å². The summed E-state index contributed by atoms with van der Waals surface area (Å²) in [6.45, 7) is 0. The number of amides is 1. The van der Waals surface area contributed by atoms with Gasteiger partial charge in [-0.3, -0.25) is 4.79 Å². The van der Waals surface area contributed by atoms with Crippen LogP contribution in [-0.4, -0.2) is 26.2 Å². The van der Waals surface area contributed by atoms with Gasteiger partial charge in [-0.2, -0.15) is 5.26 Å². The van der Waals surface area contributed by atoms with Gasteiger partial charge in [0.1, 0.15) is 17.5 Å². The van der Waals surface area contributed by atoms with E-state index in [4.69, 9.17) is 14.7 Å². The molecule has 0 spiro atoms. The summed E-state index contributed by atoms with van der Waals surface area (Å²) in [4.78, 5) is 12.1. The highest BCUT2D eigenvalue weighted by Crippen LogP contribution is 2.32. The predicted octanol–water partition coefficient (Wildman–Crippen LogP) is 1.74. The predicted molar refractivity (Wildman–Crippen MR) is 69.1 cm³/mol. The van der Waals surface area contributed by atoms with E-state index in [0.717, 1.165) is 12.8 Å². The molecule has 1 aromatic rings. The number of nitriles is 1. The van der Waals surface area contributed by atoms with E-state index in [0.29, 0.717) is 23.0 Å². The van der Waals surface area contributed by atoms with E-state index >= 15 is 0 Å². The van der Waals surface area contributed by atoms with Gasteiger partial charge in [-0.25, -0.2) is 0 Å². The maximum absolute atomic E-state index is 12.1. The Bertz CT molecular complexity index is 496. The minimum atomic E-state index is -0.412. The molecule has 5 heteroatoms. The highest BCUT2D eigenvalue weighted by molar-refractivity contribution is 5.95. The fourth-order valence-corrected chi connectivity index (χ4v) is 1.85. The van der Waals surface area contributed by atoms with Crippen LogP contribution in [0, 0.1) is 17.2 Å². The van der Waals surface area contributed by atoms with Gasteiger partial charge >= 0.3 is 0 Å². The number of nitrogens with one attached hydrogen (secondary N) is 1. The molecule has 1 aromatic carbocycles. The average Bonchev–Trinajstić information content (AvgIpc) is 3.28. The number of benzene rings is 1. The van der Waals surface area contributed by atoms with Crippen LogP contribution in [0.25, 0.3) is 0 Å². The molecular formula is C14H16N2O3. The fourth-order valence-electron chi connectivity index (χ4n) is 1.85. The molecule has 0 bridgehead atoms. The van der Waals surface area contributed by atoms with Crippen LogP contribution < -0.4 is 14.8 Å². The molecule has 1 amide bonds. The number of rotatable bonds is 5. The Morgan fingerprint density at radius 2 is 1.89 bits per heavy atom. The molecule has 0 saturated heterocycles. The average molecular weight is 260 g/mol. The summed E-state index contributed by atoms with van der Waals surface area (Å²) in [5.41, 5.74) is 0.428. The van der Waals surface area contributed by atoms with Gasteiger partial charge in [-0.05, 0) is 30.9 Å². The van der Waals surface area contributed by atoms with Crippen molar-refractivity contribution in [2.75, 3.05) is 14.2 Å². The molecule has 1 aliphatic rings. The number of methoxy groups -OCH3 is 2. The Kier molecular flexibility index (Phi) is 3.91. The SMILES string of the molecule is COc1cc(OC)cc(C(=O)NC(C#N)C2CC2)c1. The van der Waals surface area contributed by atoms with Crippen LogP contribution in [0.15, 0.2) is 18.2 Å². The third kappa shape index (κ3) is 3.16. The lowest BCUT2D eigenvalue weighted by molar-refractivity contribution is 0.0941. The van der Waals surface area contributed by atoms with Crippen molar-refractivity contribution in [3.8, 4) is 17.6 Å². The zero-order valence-electron chi connectivity index (χ0n) is 11.0. The number of carbonyl (C=O) groups excluding carboxylic acids is 1. The first kappa shape index (κ1) is 13.2. The summed E-state index contributed by atoms with van der Waals surface area (Å²) in [5, 5.41) is 11.8. The van der Waals surface area contributed by atoms with E-state index in [9.17, 15) is 4.79 Å². The van der Waals surface area contributed by atoms with Gasteiger partial charge in [-0.1, -0.05) is 0 Å². The van der Waals surface area contributed by atoms with Crippen LogP contribution in [0.3, 0.4) is 0 Å². The minimum Gasteiger partial charge on any atom is -0.497 e. The summed E-state index contributed by atoms with van der Waals surface area (Å²) in [6.07, 6.45) is 2.00. The van der Waals surface area contributed by atoms with E-state index < -0.39 is 6.04 Å². The van der Waals surface area contributed by atoms with Gasteiger partial charge in [0.2, 0.25) is 0 Å². The molecular weight excluding hydrogens is 244 g/mol.